The molecule has 0 unspecified atom stereocenters. The highest BCUT2D eigenvalue weighted by Gasteiger charge is 2.46. The Labute approximate surface area is 172 Å². The number of rotatable bonds is 4. The highest BCUT2D eigenvalue weighted by Crippen LogP contribution is 2.46. The summed E-state index contributed by atoms with van der Waals surface area (Å²) in [6.45, 7) is 1.95. The number of fused-ring (bicyclic) bond motifs is 1. The van der Waals surface area contributed by atoms with Crippen LogP contribution in [0.1, 0.15) is 25.0 Å². The van der Waals surface area contributed by atoms with Gasteiger partial charge in [0.15, 0.2) is 0 Å². The molecule has 0 atom stereocenters. The summed E-state index contributed by atoms with van der Waals surface area (Å²) in [5.74, 6) is -0.0257. The van der Waals surface area contributed by atoms with Gasteiger partial charge in [-0.25, -0.2) is 9.50 Å². The summed E-state index contributed by atoms with van der Waals surface area (Å²) in [7, 11) is 1.87. The zero-order chi connectivity index (χ0) is 20.9. The number of nitrogens with zero attached hydrogens (tertiary/aromatic N) is 9. The van der Waals surface area contributed by atoms with Gasteiger partial charge in [-0.2, -0.15) is 25.8 Å². The minimum Gasteiger partial charge on any atom is -0.275 e. The molecule has 0 N–H and O–H groups in total. The first-order valence-electron chi connectivity index (χ1n) is 9.69. The van der Waals surface area contributed by atoms with Crippen LogP contribution in [0.3, 0.4) is 0 Å². The lowest BCUT2D eigenvalue weighted by atomic mass is 9.67. The Kier molecular flexibility index (Phi) is 3.93. The van der Waals surface area contributed by atoms with Gasteiger partial charge in [-0.3, -0.25) is 9.36 Å². The first kappa shape index (κ1) is 18.1. The minimum atomic E-state index is -0.416. The van der Waals surface area contributed by atoms with Crippen molar-refractivity contribution in [3.8, 4) is 34.7 Å². The molecule has 1 saturated carbocycles. The molecule has 4 aromatic rings. The van der Waals surface area contributed by atoms with E-state index in [9.17, 15) is 10.5 Å². The second kappa shape index (κ2) is 6.53. The smallest absolute Gasteiger partial charge is 0.0999 e. The molecule has 30 heavy (non-hydrogen) atoms. The van der Waals surface area contributed by atoms with E-state index in [2.05, 4.69) is 27.4 Å². The third-order valence-electron chi connectivity index (χ3n) is 5.76. The van der Waals surface area contributed by atoms with Gasteiger partial charge >= 0.3 is 0 Å². The Balaban J connectivity index is 1.62. The van der Waals surface area contributed by atoms with Crippen LogP contribution in [0, 0.1) is 35.5 Å². The van der Waals surface area contributed by atoms with Crippen LogP contribution in [-0.4, -0.2) is 34.2 Å². The van der Waals surface area contributed by atoms with Gasteiger partial charge in [0.05, 0.1) is 71.2 Å². The van der Waals surface area contributed by atoms with E-state index in [1.54, 1.807) is 17.1 Å². The average molecular weight is 397 g/mol. The molecule has 0 aliphatic heterocycles. The van der Waals surface area contributed by atoms with Crippen LogP contribution in [0.2, 0.25) is 0 Å². The minimum absolute atomic E-state index is 0.0257. The summed E-state index contributed by atoms with van der Waals surface area (Å²) in [5, 5.41) is 31.9. The Morgan fingerprint density at radius 1 is 1.13 bits per heavy atom. The number of aromatic nitrogens is 7. The normalized spacial score (nSPS) is 20.6. The fourth-order valence-corrected chi connectivity index (χ4v) is 4.23. The van der Waals surface area contributed by atoms with Crippen molar-refractivity contribution < 1.29 is 0 Å². The van der Waals surface area contributed by atoms with E-state index >= 15 is 0 Å². The summed E-state index contributed by atoms with van der Waals surface area (Å²) >= 11 is 0. The van der Waals surface area contributed by atoms with Crippen molar-refractivity contribution in [1.82, 2.24) is 34.2 Å². The highest BCUT2D eigenvalue weighted by atomic mass is 15.3. The Hall–Kier alpha value is -3.98. The topological polar surface area (TPSA) is 113 Å². The maximum Gasteiger partial charge on any atom is 0.0999 e. The first-order chi connectivity index (χ1) is 14.5. The number of nitriles is 2. The maximum absolute atomic E-state index is 9.31. The van der Waals surface area contributed by atoms with Crippen LogP contribution < -0.4 is 0 Å². The van der Waals surface area contributed by atoms with E-state index in [0.717, 1.165) is 33.7 Å². The molecule has 9 nitrogen and oxygen atoms in total. The molecule has 0 bridgehead atoms. The van der Waals surface area contributed by atoms with E-state index in [0.29, 0.717) is 19.3 Å². The Bertz CT molecular complexity index is 1330. The predicted octanol–water partition coefficient (Wildman–Crippen LogP) is 2.84. The molecule has 5 rings (SSSR count). The van der Waals surface area contributed by atoms with Crippen LogP contribution in [0.5, 0.6) is 0 Å². The molecule has 9 heteroatoms. The number of aryl methyl sites for hydroxylation is 2. The molecule has 0 spiro atoms. The number of hydrogen-bond donors (Lipinski definition) is 0. The van der Waals surface area contributed by atoms with E-state index in [1.165, 1.54) is 0 Å². The maximum atomic E-state index is 9.31. The largest absolute Gasteiger partial charge is 0.275 e. The molecule has 0 saturated heterocycles. The highest BCUT2D eigenvalue weighted by molar-refractivity contribution is 5.78. The molecule has 1 aliphatic carbocycles. The molecular formula is C21H19N9. The van der Waals surface area contributed by atoms with Crippen molar-refractivity contribution in [3.63, 3.8) is 0 Å². The molecule has 4 aromatic heterocycles. The van der Waals surface area contributed by atoms with Crippen LogP contribution in [0.4, 0.5) is 0 Å². The average Bonchev–Trinajstić information content (AvgIpc) is 3.42. The molecular weight excluding hydrogens is 378 g/mol. The van der Waals surface area contributed by atoms with Crippen molar-refractivity contribution in [2.24, 2.45) is 13.0 Å². The van der Waals surface area contributed by atoms with Crippen LogP contribution >= 0.6 is 0 Å². The summed E-state index contributed by atoms with van der Waals surface area (Å²) in [5.41, 5.74) is 4.65. The van der Waals surface area contributed by atoms with Crippen molar-refractivity contribution in [2.45, 2.75) is 31.7 Å². The fourth-order valence-electron chi connectivity index (χ4n) is 4.23. The lowest BCUT2D eigenvalue weighted by molar-refractivity contribution is 0.0882. The van der Waals surface area contributed by atoms with Gasteiger partial charge in [0.2, 0.25) is 0 Å². The van der Waals surface area contributed by atoms with Gasteiger partial charge in [-0.15, -0.1) is 0 Å². The van der Waals surface area contributed by atoms with Crippen molar-refractivity contribution in [3.05, 3.63) is 42.7 Å². The van der Waals surface area contributed by atoms with Gasteiger partial charge in [0.25, 0.3) is 0 Å². The zero-order valence-corrected chi connectivity index (χ0v) is 16.7. The van der Waals surface area contributed by atoms with E-state index in [4.69, 9.17) is 4.98 Å². The third kappa shape index (κ3) is 2.75. The summed E-state index contributed by atoms with van der Waals surface area (Å²) in [6.07, 6.45) is 10.9. The summed E-state index contributed by atoms with van der Waals surface area (Å²) in [4.78, 5) is 4.90. The van der Waals surface area contributed by atoms with Gasteiger partial charge in [0.1, 0.15) is 0 Å². The third-order valence-corrected chi connectivity index (χ3v) is 5.76. The lowest BCUT2D eigenvalue weighted by Gasteiger charge is -2.43. The van der Waals surface area contributed by atoms with E-state index in [1.807, 2.05) is 47.8 Å². The van der Waals surface area contributed by atoms with E-state index < -0.39 is 5.54 Å². The molecule has 1 aliphatic rings. The van der Waals surface area contributed by atoms with Gasteiger partial charge in [-0.1, -0.05) is 0 Å². The molecule has 0 radical (unpaired) electrons. The fraction of sp³-hybridized carbons (Fsp3) is 0.333. The van der Waals surface area contributed by atoms with Crippen molar-refractivity contribution >= 4 is 5.52 Å². The second-order valence-electron chi connectivity index (χ2n) is 7.96. The first-order valence-corrected chi connectivity index (χ1v) is 9.69. The van der Waals surface area contributed by atoms with Gasteiger partial charge in [0, 0.05) is 30.6 Å². The van der Waals surface area contributed by atoms with Crippen LogP contribution in [0.15, 0.2) is 37.1 Å². The molecule has 148 valence electrons. The number of hydrogen-bond acceptors (Lipinski definition) is 6. The zero-order valence-electron chi connectivity index (χ0n) is 16.7. The quantitative estimate of drug-likeness (QED) is 0.523. The molecule has 1 fully saturated rings. The molecule has 0 amide bonds. The van der Waals surface area contributed by atoms with Crippen molar-refractivity contribution in [2.75, 3.05) is 0 Å². The van der Waals surface area contributed by atoms with E-state index in [-0.39, 0.29) is 5.92 Å². The summed E-state index contributed by atoms with van der Waals surface area (Å²) < 4.78 is 5.41. The second-order valence-corrected chi connectivity index (χ2v) is 7.96. The molecule has 0 aromatic carbocycles. The standard InChI is InChI=1S/C21H19N9/c1-14-5-19-20(26-18(13-29(19)27-14)16-9-24-28(2)11-16)17-10-25-30(12-17)21(3-4-22)6-15(7-21)8-23/h5,9-13,15H,3,6-7H2,1-2H3. The lowest BCUT2D eigenvalue weighted by Crippen LogP contribution is -2.46. The van der Waals surface area contributed by atoms with Crippen molar-refractivity contribution in [1.29, 1.82) is 10.5 Å². The van der Waals surface area contributed by atoms with Gasteiger partial charge < -0.3 is 0 Å². The predicted molar refractivity (Wildman–Crippen MR) is 108 cm³/mol. The monoisotopic (exact) mass is 397 g/mol. The Morgan fingerprint density at radius 2 is 1.93 bits per heavy atom. The summed E-state index contributed by atoms with van der Waals surface area (Å²) in [6, 6.07) is 6.55. The SMILES string of the molecule is Cc1cc2c(-c3cnn(C4(CC#N)CC(C#N)C4)c3)nc(-c3cnn(C)c3)cn2n1. The van der Waals surface area contributed by atoms with Crippen LogP contribution in [0.25, 0.3) is 28.0 Å². The molecule has 4 heterocycles. The van der Waals surface area contributed by atoms with Gasteiger partial charge in [-0.05, 0) is 25.8 Å². The van der Waals surface area contributed by atoms with Crippen LogP contribution in [-0.2, 0) is 12.6 Å². The Morgan fingerprint density at radius 3 is 2.63 bits per heavy atom.